The smallest absolute Gasteiger partial charge is 0.237 e. The molecule has 1 amide bonds. The van der Waals surface area contributed by atoms with Crippen molar-refractivity contribution in [3.8, 4) is 12.3 Å². The number of amides is 1. The molecule has 0 aliphatic carbocycles. The van der Waals surface area contributed by atoms with Crippen LogP contribution in [0.5, 0.6) is 0 Å². The monoisotopic (exact) mass is 298 g/mol. The van der Waals surface area contributed by atoms with Gasteiger partial charge in [0, 0.05) is 10.0 Å². The molecule has 102 valence electrons. The molecule has 3 nitrogen and oxygen atoms in total. The van der Waals surface area contributed by atoms with E-state index in [9.17, 15) is 4.79 Å². The van der Waals surface area contributed by atoms with Crippen LogP contribution in [0.3, 0.4) is 0 Å². The van der Waals surface area contributed by atoms with Gasteiger partial charge in [-0.25, -0.2) is 0 Å². The number of rotatable bonds is 6. The van der Waals surface area contributed by atoms with E-state index < -0.39 is 0 Å². The lowest BCUT2D eigenvalue weighted by molar-refractivity contribution is -0.122. The lowest BCUT2D eigenvalue weighted by Crippen LogP contribution is -2.42. The molecule has 1 aromatic rings. The summed E-state index contributed by atoms with van der Waals surface area (Å²) in [6.45, 7) is 2.68. The highest BCUT2D eigenvalue weighted by atomic mass is 35.5. The first kappa shape index (κ1) is 15.8. The van der Waals surface area contributed by atoms with Crippen LogP contribution in [-0.4, -0.2) is 25.0 Å². The highest BCUT2D eigenvalue weighted by Gasteiger charge is 2.10. The van der Waals surface area contributed by atoms with Crippen molar-refractivity contribution in [1.82, 2.24) is 10.6 Å². The Kier molecular flexibility index (Phi) is 6.72. The zero-order valence-electron chi connectivity index (χ0n) is 10.7. The Bertz CT molecular complexity index is 483. The number of terminal acetylenes is 1. The van der Waals surface area contributed by atoms with E-state index in [-0.39, 0.29) is 18.5 Å². The van der Waals surface area contributed by atoms with Crippen molar-refractivity contribution in [1.29, 1.82) is 0 Å². The SMILES string of the molecule is C#CCNC(=O)C(C)NCCc1ccc(Cl)cc1Cl. The minimum atomic E-state index is -0.292. The van der Waals surface area contributed by atoms with E-state index >= 15 is 0 Å². The molecule has 0 saturated heterocycles. The van der Waals surface area contributed by atoms with Gasteiger partial charge in [-0.2, -0.15) is 0 Å². The van der Waals surface area contributed by atoms with Crippen LogP contribution in [0.4, 0.5) is 0 Å². The molecule has 0 aliphatic heterocycles. The first-order valence-corrected chi connectivity index (χ1v) is 6.68. The molecule has 0 heterocycles. The third-order valence-corrected chi connectivity index (χ3v) is 3.20. The summed E-state index contributed by atoms with van der Waals surface area (Å²) in [5.74, 6) is 2.25. The van der Waals surface area contributed by atoms with Gasteiger partial charge in [0.1, 0.15) is 0 Å². The Hall–Kier alpha value is -1.21. The third-order valence-electron chi connectivity index (χ3n) is 2.62. The molecule has 5 heteroatoms. The average molecular weight is 299 g/mol. The van der Waals surface area contributed by atoms with Gasteiger partial charge >= 0.3 is 0 Å². The molecule has 0 saturated carbocycles. The number of nitrogens with one attached hydrogen (secondary N) is 2. The number of hydrogen-bond donors (Lipinski definition) is 2. The fraction of sp³-hybridized carbons (Fsp3) is 0.357. The summed E-state index contributed by atoms with van der Waals surface area (Å²) >= 11 is 11.9. The van der Waals surface area contributed by atoms with Crippen LogP contribution in [0.15, 0.2) is 18.2 Å². The van der Waals surface area contributed by atoms with Crippen LogP contribution in [0.2, 0.25) is 10.0 Å². The Morgan fingerprint density at radius 1 is 1.47 bits per heavy atom. The van der Waals surface area contributed by atoms with Crippen molar-refractivity contribution in [2.45, 2.75) is 19.4 Å². The zero-order chi connectivity index (χ0) is 14.3. The standard InChI is InChI=1S/C14H16Cl2N2O/c1-3-7-18-14(19)10(2)17-8-6-11-4-5-12(15)9-13(11)16/h1,4-5,9-10,17H,6-8H2,2H3,(H,18,19). The molecule has 19 heavy (non-hydrogen) atoms. The maximum Gasteiger partial charge on any atom is 0.237 e. The molecule has 0 bridgehead atoms. The molecule has 1 atom stereocenters. The van der Waals surface area contributed by atoms with Crippen LogP contribution >= 0.6 is 23.2 Å². The minimum Gasteiger partial charge on any atom is -0.344 e. The summed E-state index contributed by atoms with van der Waals surface area (Å²) in [4.78, 5) is 11.5. The van der Waals surface area contributed by atoms with E-state index in [1.807, 2.05) is 6.07 Å². The van der Waals surface area contributed by atoms with Crippen molar-refractivity contribution in [3.05, 3.63) is 33.8 Å². The van der Waals surface area contributed by atoms with Crippen LogP contribution in [0.1, 0.15) is 12.5 Å². The van der Waals surface area contributed by atoms with Crippen LogP contribution in [0.25, 0.3) is 0 Å². The highest BCUT2D eigenvalue weighted by molar-refractivity contribution is 6.35. The van der Waals surface area contributed by atoms with Crippen LogP contribution in [0, 0.1) is 12.3 Å². The number of halogens is 2. The highest BCUT2D eigenvalue weighted by Crippen LogP contribution is 2.20. The van der Waals surface area contributed by atoms with Crippen molar-refractivity contribution >= 4 is 29.1 Å². The molecule has 1 rings (SSSR count). The van der Waals surface area contributed by atoms with Gasteiger partial charge in [0.25, 0.3) is 0 Å². The summed E-state index contributed by atoms with van der Waals surface area (Å²) in [5.41, 5.74) is 0.995. The van der Waals surface area contributed by atoms with Crippen LogP contribution in [-0.2, 0) is 11.2 Å². The third kappa shape index (κ3) is 5.52. The van der Waals surface area contributed by atoms with Gasteiger partial charge in [-0.05, 0) is 37.6 Å². The Balaban J connectivity index is 2.37. The summed E-state index contributed by atoms with van der Waals surface area (Å²) in [6.07, 6.45) is 5.80. The van der Waals surface area contributed by atoms with E-state index in [1.165, 1.54) is 0 Å². The largest absolute Gasteiger partial charge is 0.344 e. The zero-order valence-corrected chi connectivity index (χ0v) is 12.2. The molecular weight excluding hydrogens is 283 g/mol. The maximum absolute atomic E-state index is 11.5. The van der Waals surface area contributed by atoms with Crippen LogP contribution < -0.4 is 10.6 Å². The lowest BCUT2D eigenvalue weighted by atomic mass is 10.1. The van der Waals surface area contributed by atoms with Gasteiger partial charge in [-0.15, -0.1) is 6.42 Å². The second kappa shape index (κ2) is 8.06. The van der Waals surface area contributed by atoms with E-state index in [1.54, 1.807) is 19.1 Å². The number of carbonyl (C=O) groups is 1. The van der Waals surface area contributed by atoms with Gasteiger partial charge < -0.3 is 10.6 Å². The molecule has 0 aliphatic rings. The summed E-state index contributed by atoms with van der Waals surface area (Å²) in [7, 11) is 0. The molecule has 2 N–H and O–H groups in total. The quantitative estimate of drug-likeness (QED) is 0.791. The van der Waals surface area contributed by atoms with Crippen molar-refractivity contribution in [2.24, 2.45) is 0 Å². The molecule has 0 spiro atoms. The second-order valence-corrected chi connectivity index (χ2v) is 4.93. The summed E-state index contributed by atoms with van der Waals surface area (Å²) in [5, 5.41) is 6.98. The Morgan fingerprint density at radius 3 is 2.84 bits per heavy atom. The fourth-order valence-corrected chi connectivity index (χ4v) is 2.03. The minimum absolute atomic E-state index is 0.111. The number of benzene rings is 1. The molecular formula is C14H16Cl2N2O. The maximum atomic E-state index is 11.5. The Morgan fingerprint density at radius 2 is 2.21 bits per heavy atom. The van der Waals surface area contributed by atoms with Gasteiger partial charge in [-0.1, -0.05) is 35.2 Å². The van der Waals surface area contributed by atoms with Gasteiger partial charge in [-0.3, -0.25) is 4.79 Å². The van der Waals surface area contributed by atoms with Crippen molar-refractivity contribution < 1.29 is 4.79 Å². The fourth-order valence-electron chi connectivity index (χ4n) is 1.53. The molecule has 1 unspecified atom stereocenters. The van der Waals surface area contributed by atoms with E-state index in [0.717, 1.165) is 12.0 Å². The van der Waals surface area contributed by atoms with Crippen molar-refractivity contribution in [2.75, 3.05) is 13.1 Å². The van der Waals surface area contributed by atoms with E-state index in [4.69, 9.17) is 29.6 Å². The lowest BCUT2D eigenvalue weighted by Gasteiger charge is -2.13. The predicted molar refractivity (Wildman–Crippen MR) is 79.5 cm³/mol. The first-order valence-electron chi connectivity index (χ1n) is 5.93. The molecule has 1 aromatic carbocycles. The molecule has 0 aromatic heterocycles. The normalized spacial score (nSPS) is 11.7. The predicted octanol–water partition coefficient (Wildman–Crippen LogP) is 2.26. The molecule has 0 radical (unpaired) electrons. The second-order valence-electron chi connectivity index (χ2n) is 4.08. The topological polar surface area (TPSA) is 41.1 Å². The number of hydrogen-bond acceptors (Lipinski definition) is 2. The van der Waals surface area contributed by atoms with Gasteiger partial charge in [0.05, 0.1) is 12.6 Å². The summed E-state index contributed by atoms with van der Waals surface area (Å²) in [6, 6.07) is 5.10. The number of carbonyl (C=O) groups excluding carboxylic acids is 1. The van der Waals surface area contributed by atoms with Gasteiger partial charge in [0.15, 0.2) is 0 Å². The average Bonchev–Trinajstić information content (AvgIpc) is 2.38. The molecule has 0 fully saturated rings. The Labute approximate surface area is 123 Å². The summed E-state index contributed by atoms with van der Waals surface area (Å²) < 4.78 is 0. The van der Waals surface area contributed by atoms with Gasteiger partial charge in [0.2, 0.25) is 5.91 Å². The first-order chi connectivity index (χ1) is 9.04. The van der Waals surface area contributed by atoms with E-state index in [2.05, 4.69) is 16.6 Å². The van der Waals surface area contributed by atoms with Crippen molar-refractivity contribution in [3.63, 3.8) is 0 Å². The van der Waals surface area contributed by atoms with E-state index in [0.29, 0.717) is 16.6 Å².